The van der Waals surface area contributed by atoms with Gasteiger partial charge in [0.2, 0.25) is 0 Å². The van der Waals surface area contributed by atoms with E-state index >= 15 is 0 Å². The van der Waals surface area contributed by atoms with Crippen molar-refractivity contribution >= 4 is 25.7 Å². The minimum atomic E-state index is -4.71. The Labute approximate surface area is 302 Å². The maximum atomic E-state index is 12.6. The van der Waals surface area contributed by atoms with Crippen molar-refractivity contribution in [1.82, 2.24) is 0 Å². The molecule has 0 saturated carbocycles. The number of carboxylic acids is 1. The SMILES string of the molecule is CCCCCC/C=C/C=C/CCCCCCCC(=O)O[C@H](COC(=O)CCCCCCCCCCCCC)COP(=O)(O)OC[C@H](N)C(=O)O. The number of ether oxygens (including phenoxy) is 2. The smallest absolute Gasteiger partial charge is 0.472 e. The molecule has 0 heterocycles. The van der Waals surface area contributed by atoms with Crippen molar-refractivity contribution in [3.8, 4) is 0 Å². The fourth-order valence-electron chi connectivity index (χ4n) is 5.11. The van der Waals surface area contributed by atoms with Gasteiger partial charge in [-0.05, 0) is 38.5 Å². The first kappa shape index (κ1) is 48.0. The molecule has 0 aliphatic rings. The summed E-state index contributed by atoms with van der Waals surface area (Å²) in [6.07, 6.45) is 32.4. The molecule has 1 unspecified atom stereocenters. The number of hydrogen-bond acceptors (Lipinski definition) is 9. The highest BCUT2D eigenvalue weighted by atomic mass is 31.2. The molecule has 292 valence electrons. The normalized spacial score (nSPS) is 14.2. The largest absolute Gasteiger partial charge is 0.480 e. The third-order valence-corrected chi connectivity index (χ3v) is 9.18. The fourth-order valence-corrected chi connectivity index (χ4v) is 5.89. The summed E-state index contributed by atoms with van der Waals surface area (Å²) in [5, 5.41) is 8.85. The molecule has 4 N–H and O–H groups in total. The van der Waals surface area contributed by atoms with E-state index in [0.29, 0.717) is 12.8 Å². The number of nitrogens with two attached hydrogens (primary N) is 1. The molecule has 0 aliphatic heterocycles. The Bertz CT molecular complexity index is 958. The Balaban J connectivity index is 4.46. The van der Waals surface area contributed by atoms with Gasteiger partial charge in [-0.3, -0.25) is 23.4 Å². The Kier molecular flexibility index (Phi) is 32.7. The van der Waals surface area contributed by atoms with Crippen LogP contribution in [0.25, 0.3) is 0 Å². The van der Waals surface area contributed by atoms with Crippen LogP contribution >= 0.6 is 7.82 Å². The molecule has 0 aromatic carbocycles. The zero-order valence-electron chi connectivity index (χ0n) is 31.2. The molecule has 3 atom stereocenters. The van der Waals surface area contributed by atoms with E-state index in [9.17, 15) is 23.8 Å². The number of carbonyl (C=O) groups is 3. The molecule has 0 saturated heterocycles. The number of phosphoric acid groups is 1. The van der Waals surface area contributed by atoms with E-state index in [-0.39, 0.29) is 19.4 Å². The first-order valence-corrected chi connectivity index (χ1v) is 20.9. The Morgan fingerprint density at radius 2 is 1.04 bits per heavy atom. The van der Waals surface area contributed by atoms with Gasteiger partial charge < -0.3 is 25.2 Å². The van der Waals surface area contributed by atoms with Gasteiger partial charge in [0.15, 0.2) is 6.10 Å². The zero-order chi connectivity index (χ0) is 37.1. The summed E-state index contributed by atoms with van der Waals surface area (Å²) < 4.78 is 32.5. The summed E-state index contributed by atoms with van der Waals surface area (Å²) in [5.41, 5.74) is 5.31. The topological polar surface area (TPSA) is 172 Å². The molecule has 0 bridgehead atoms. The van der Waals surface area contributed by atoms with Crippen LogP contribution in [-0.2, 0) is 37.5 Å². The van der Waals surface area contributed by atoms with Gasteiger partial charge in [-0.25, -0.2) is 4.57 Å². The minimum absolute atomic E-state index is 0.146. The zero-order valence-corrected chi connectivity index (χ0v) is 32.1. The van der Waals surface area contributed by atoms with E-state index in [2.05, 4.69) is 42.7 Å². The molecule has 0 fully saturated rings. The van der Waals surface area contributed by atoms with Crippen LogP contribution in [0.5, 0.6) is 0 Å². The lowest BCUT2D eigenvalue weighted by molar-refractivity contribution is -0.161. The van der Waals surface area contributed by atoms with Crippen LogP contribution in [0.4, 0.5) is 0 Å². The molecular weight excluding hydrogens is 661 g/mol. The van der Waals surface area contributed by atoms with Crippen LogP contribution in [0.1, 0.15) is 168 Å². The second-order valence-electron chi connectivity index (χ2n) is 13.1. The molecule has 0 spiro atoms. The van der Waals surface area contributed by atoms with Crippen molar-refractivity contribution in [3.63, 3.8) is 0 Å². The number of esters is 2. The van der Waals surface area contributed by atoms with E-state index in [0.717, 1.165) is 57.8 Å². The van der Waals surface area contributed by atoms with Crippen LogP contribution in [0.2, 0.25) is 0 Å². The summed E-state index contributed by atoms with van der Waals surface area (Å²) in [4.78, 5) is 45.7. The van der Waals surface area contributed by atoms with Gasteiger partial charge in [-0.15, -0.1) is 0 Å². The number of allylic oxidation sites excluding steroid dienone is 4. The van der Waals surface area contributed by atoms with E-state index in [4.69, 9.17) is 24.8 Å². The van der Waals surface area contributed by atoms with E-state index in [1.165, 1.54) is 70.6 Å². The summed E-state index contributed by atoms with van der Waals surface area (Å²) in [5.74, 6) is -2.40. The lowest BCUT2D eigenvalue weighted by Crippen LogP contribution is -2.34. The van der Waals surface area contributed by atoms with Crippen molar-refractivity contribution in [3.05, 3.63) is 24.3 Å². The van der Waals surface area contributed by atoms with Gasteiger partial charge in [-0.1, -0.05) is 141 Å². The van der Waals surface area contributed by atoms with E-state index in [1.54, 1.807) is 0 Å². The second kappa shape index (κ2) is 34.1. The molecule has 0 amide bonds. The number of unbranched alkanes of at least 4 members (excludes halogenated alkanes) is 19. The Morgan fingerprint density at radius 1 is 0.620 bits per heavy atom. The number of rotatable bonds is 36. The predicted octanol–water partition coefficient (Wildman–Crippen LogP) is 9.50. The number of aliphatic carboxylic acids is 1. The van der Waals surface area contributed by atoms with Crippen molar-refractivity contribution in [2.45, 2.75) is 180 Å². The standard InChI is InChI=1S/C38H70NO10P/c1-3-5-7-9-11-13-15-16-17-18-20-22-24-26-28-30-37(41)49-34(32-47-50(44,45)48-33-35(39)38(42)43)31-46-36(40)29-27-25-23-21-19-14-12-10-8-6-4-2/h13,15-17,34-35H,3-12,14,18-33,39H2,1-2H3,(H,42,43)(H,44,45)/b15-13+,17-16+/t34-,35+/m1/s1. The molecule has 50 heavy (non-hydrogen) atoms. The highest BCUT2D eigenvalue weighted by Gasteiger charge is 2.28. The minimum Gasteiger partial charge on any atom is -0.480 e. The maximum absolute atomic E-state index is 12.6. The second-order valence-corrected chi connectivity index (χ2v) is 14.6. The lowest BCUT2D eigenvalue weighted by atomic mass is 10.1. The third-order valence-electron chi connectivity index (χ3n) is 8.23. The summed E-state index contributed by atoms with van der Waals surface area (Å²) in [6, 6.07) is -1.52. The van der Waals surface area contributed by atoms with Crippen LogP contribution in [0.3, 0.4) is 0 Å². The van der Waals surface area contributed by atoms with Gasteiger partial charge in [0.05, 0.1) is 13.2 Å². The van der Waals surface area contributed by atoms with Gasteiger partial charge in [-0.2, -0.15) is 0 Å². The van der Waals surface area contributed by atoms with Crippen LogP contribution in [0, 0.1) is 0 Å². The summed E-state index contributed by atoms with van der Waals surface area (Å²) >= 11 is 0. The third kappa shape index (κ3) is 33.1. The highest BCUT2D eigenvalue weighted by Crippen LogP contribution is 2.43. The van der Waals surface area contributed by atoms with Crippen molar-refractivity contribution in [1.29, 1.82) is 0 Å². The number of phosphoric ester groups is 1. The van der Waals surface area contributed by atoms with Crippen LogP contribution in [0.15, 0.2) is 24.3 Å². The molecule has 12 heteroatoms. The number of hydrogen-bond donors (Lipinski definition) is 3. The number of carbonyl (C=O) groups excluding carboxylic acids is 2. The molecule has 0 radical (unpaired) electrons. The molecular formula is C38H70NO10P. The monoisotopic (exact) mass is 731 g/mol. The average molecular weight is 732 g/mol. The first-order valence-electron chi connectivity index (χ1n) is 19.4. The lowest BCUT2D eigenvalue weighted by Gasteiger charge is -2.20. The highest BCUT2D eigenvalue weighted by molar-refractivity contribution is 7.47. The van der Waals surface area contributed by atoms with E-state index in [1.807, 2.05) is 0 Å². The fraction of sp³-hybridized carbons (Fsp3) is 0.816. The van der Waals surface area contributed by atoms with Gasteiger partial charge in [0.1, 0.15) is 12.6 Å². The first-order chi connectivity index (χ1) is 24.1. The van der Waals surface area contributed by atoms with Gasteiger partial charge in [0.25, 0.3) is 0 Å². The molecule has 0 aromatic heterocycles. The van der Waals surface area contributed by atoms with Crippen LogP contribution in [-0.4, -0.2) is 59.9 Å². The van der Waals surface area contributed by atoms with E-state index < -0.39 is 51.1 Å². The van der Waals surface area contributed by atoms with Gasteiger partial charge in [0, 0.05) is 12.8 Å². The van der Waals surface area contributed by atoms with Crippen molar-refractivity contribution in [2.75, 3.05) is 19.8 Å². The Morgan fingerprint density at radius 3 is 1.54 bits per heavy atom. The van der Waals surface area contributed by atoms with Crippen molar-refractivity contribution < 1.29 is 47.5 Å². The summed E-state index contributed by atoms with van der Waals surface area (Å²) in [6.45, 7) is 2.74. The van der Waals surface area contributed by atoms with Gasteiger partial charge >= 0.3 is 25.7 Å². The van der Waals surface area contributed by atoms with Crippen molar-refractivity contribution in [2.24, 2.45) is 5.73 Å². The molecule has 0 rings (SSSR count). The Hall–Kier alpha value is -2.04. The summed E-state index contributed by atoms with van der Waals surface area (Å²) in [7, 11) is -4.71. The number of carboxylic acid groups (broad SMARTS) is 1. The predicted molar refractivity (Wildman–Crippen MR) is 199 cm³/mol. The molecule has 11 nitrogen and oxygen atoms in total. The molecule has 0 aromatic rings. The maximum Gasteiger partial charge on any atom is 0.472 e. The quantitative estimate of drug-likeness (QED) is 0.0242. The average Bonchev–Trinajstić information content (AvgIpc) is 3.09. The van der Waals surface area contributed by atoms with Crippen LogP contribution < -0.4 is 5.73 Å². The molecule has 0 aliphatic carbocycles.